The van der Waals surface area contributed by atoms with Gasteiger partial charge in [0.15, 0.2) is 0 Å². The van der Waals surface area contributed by atoms with E-state index in [-0.39, 0.29) is 12.1 Å². The first-order valence-electron chi connectivity index (χ1n) is 6.34. The molecule has 2 amide bonds. The number of aromatic nitrogens is 1. The van der Waals surface area contributed by atoms with Gasteiger partial charge >= 0.3 is 6.03 Å². The van der Waals surface area contributed by atoms with E-state index in [0.29, 0.717) is 11.6 Å². The van der Waals surface area contributed by atoms with Crippen LogP contribution < -0.4 is 10.6 Å². The minimum atomic E-state index is -0.235. The fourth-order valence-electron chi connectivity index (χ4n) is 1.84. The largest absolute Gasteiger partial charge is 0.334 e. The summed E-state index contributed by atoms with van der Waals surface area (Å²) in [4.78, 5) is 15.8. The van der Waals surface area contributed by atoms with Crippen molar-refractivity contribution in [3.8, 4) is 0 Å². The molecule has 2 aromatic rings. The maximum Gasteiger partial charge on any atom is 0.315 e. The Bertz CT molecular complexity index is 574. The van der Waals surface area contributed by atoms with Gasteiger partial charge in [-0.1, -0.05) is 35.9 Å². The van der Waals surface area contributed by atoms with Gasteiger partial charge in [0.2, 0.25) is 0 Å². The first kappa shape index (κ1) is 14.3. The van der Waals surface area contributed by atoms with Crippen LogP contribution in [0.2, 0.25) is 5.02 Å². The molecule has 4 nitrogen and oxygen atoms in total. The zero-order chi connectivity index (χ0) is 14.4. The molecule has 0 fully saturated rings. The average molecular weight is 290 g/mol. The highest BCUT2D eigenvalue weighted by Crippen LogP contribution is 2.21. The molecule has 0 aliphatic carbocycles. The molecule has 1 atom stereocenters. The number of pyridine rings is 1. The number of nitrogens with one attached hydrogen (secondary N) is 2. The maximum atomic E-state index is 11.8. The number of amides is 2. The summed E-state index contributed by atoms with van der Waals surface area (Å²) in [5.74, 6) is 0. The maximum absolute atomic E-state index is 11.8. The molecule has 2 rings (SSSR count). The molecule has 0 aliphatic rings. The first-order chi connectivity index (χ1) is 9.66. The lowest BCUT2D eigenvalue weighted by Crippen LogP contribution is -2.36. The lowest BCUT2D eigenvalue weighted by Gasteiger charge is -2.16. The zero-order valence-corrected chi connectivity index (χ0v) is 11.9. The number of halogens is 1. The van der Waals surface area contributed by atoms with Gasteiger partial charge in [-0.3, -0.25) is 4.98 Å². The Balaban J connectivity index is 1.87. The van der Waals surface area contributed by atoms with Crippen LogP contribution in [0.1, 0.15) is 24.1 Å². The van der Waals surface area contributed by atoms with E-state index in [1.54, 1.807) is 12.4 Å². The fraction of sp³-hybridized carbons (Fsp3) is 0.200. The molecular formula is C15H16ClN3O. The number of hydrogen-bond acceptors (Lipinski definition) is 2. The van der Waals surface area contributed by atoms with Gasteiger partial charge < -0.3 is 10.6 Å². The zero-order valence-electron chi connectivity index (χ0n) is 11.1. The van der Waals surface area contributed by atoms with E-state index in [2.05, 4.69) is 15.6 Å². The van der Waals surface area contributed by atoms with Crippen LogP contribution in [0.5, 0.6) is 0 Å². The molecule has 104 valence electrons. The number of urea groups is 1. The van der Waals surface area contributed by atoms with Crippen molar-refractivity contribution in [3.63, 3.8) is 0 Å². The van der Waals surface area contributed by atoms with Gasteiger partial charge in [0.1, 0.15) is 0 Å². The Morgan fingerprint density at radius 1 is 1.30 bits per heavy atom. The number of benzene rings is 1. The molecule has 1 unspecified atom stereocenters. The number of carbonyl (C=O) groups is 1. The van der Waals surface area contributed by atoms with Crippen molar-refractivity contribution in [2.24, 2.45) is 0 Å². The molecule has 1 aromatic carbocycles. The number of hydrogen-bond donors (Lipinski definition) is 2. The molecule has 0 bridgehead atoms. The van der Waals surface area contributed by atoms with Crippen LogP contribution in [-0.2, 0) is 6.54 Å². The number of rotatable bonds is 4. The number of nitrogens with zero attached hydrogens (tertiary/aromatic N) is 1. The van der Waals surface area contributed by atoms with Crippen molar-refractivity contribution in [1.82, 2.24) is 15.6 Å². The third-order valence-electron chi connectivity index (χ3n) is 2.90. The van der Waals surface area contributed by atoms with E-state index in [0.717, 1.165) is 11.1 Å². The summed E-state index contributed by atoms with van der Waals surface area (Å²) in [6.45, 7) is 2.33. The smallest absolute Gasteiger partial charge is 0.315 e. The van der Waals surface area contributed by atoms with Gasteiger partial charge in [-0.2, -0.15) is 0 Å². The summed E-state index contributed by atoms with van der Waals surface area (Å²) in [5, 5.41) is 6.28. The molecule has 0 radical (unpaired) electrons. The van der Waals surface area contributed by atoms with Crippen molar-refractivity contribution >= 4 is 17.6 Å². The Morgan fingerprint density at radius 3 is 2.80 bits per heavy atom. The molecule has 0 saturated carbocycles. The van der Waals surface area contributed by atoms with Crippen LogP contribution in [0.4, 0.5) is 4.79 Å². The van der Waals surface area contributed by atoms with Gasteiger partial charge in [-0.15, -0.1) is 0 Å². The van der Waals surface area contributed by atoms with Gasteiger partial charge in [-0.25, -0.2) is 4.79 Å². The average Bonchev–Trinajstić information content (AvgIpc) is 2.46. The van der Waals surface area contributed by atoms with E-state index in [1.165, 1.54) is 0 Å². The van der Waals surface area contributed by atoms with Crippen molar-refractivity contribution < 1.29 is 4.79 Å². The van der Waals surface area contributed by atoms with Crippen LogP contribution in [0.25, 0.3) is 0 Å². The fourth-order valence-corrected chi connectivity index (χ4v) is 2.14. The molecule has 0 saturated heterocycles. The van der Waals surface area contributed by atoms with E-state index >= 15 is 0 Å². The second-order valence-electron chi connectivity index (χ2n) is 4.43. The Morgan fingerprint density at radius 2 is 2.10 bits per heavy atom. The first-order valence-corrected chi connectivity index (χ1v) is 6.72. The SMILES string of the molecule is CC(NC(=O)NCc1cccnc1)c1ccccc1Cl. The third kappa shape index (κ3) is 3.96. The van der Waals surface area contributed by atoms with E-state index < -0.39 is 0 Å². The minimum Gasteiger partial charge on any atom is -0.334 e. The quantitative estimate of drug-likeness (QED) is 0.907. The second-order valence-corrected chi connectivity index (χ2v) is 4.84. The third-order valence-corrected chi connectivity index (χ3v) is 3.24. The monoisotopic (exact) mass is 289 g/mol. The highest BCUT2D eigenvalue weighted by atomic mass is 35.5. The summed E-state index contributed by atoms with van der Waals surface area (Å²) in [5.41, 5.74) is 1.85. The molecule has 0 aliphatic heterocycles. The summed E-state index contributed by atoms with van der Waals surface area (Å²) in [6.07, 6.45) is 3.42. The predicted molar refractivity (Wildman–Crippen MR) is 79.5 cm³/mol. The second kappa shape index (κ2) is 6.91. The molecule has 5 heteroatoms. The van der Waals surface area contributed by atoms with Crippen molar-refractivity contribution in [2.75, 3.05) is 0 Å². The van der Waals surface area contributed by atoms with Crippen LogP contribution in [0.3, 0.4) is 0 Å². The van der Waals surface area contributed by atoms with E-state index in [1.807, 2.05) is 43.3 Å². The lowest BCUT2D eigenvalue weighted by molar-refractivity contribution is 0.237. The lowest BCUT2D eigenvalue weighted by atomic mass is 10.1. The predicted octanol–water partition coefficient (Wildman–Crippen LogP) is 3.30. The molecule has 1 heterocycles. The van der Waals surface area contributed by atoms with Gasteiger partial charge in [-0.05, 0) is 30.2 Å². The minimum absolute atomic E-state index is 0.155. The van der Waals surface area contributed by atoms with Crippen molar-refractivity contribution in [2.45, 2.75) is 19.5 Å². The summed E-state index contributed by atoms with van der Waals surface area (Å²) >= 11 is 6.10. The molecular weight excluding hydrogens is 274 g/mol. The van der Waals surface area contributed by atoms with Crippen molar-refractivity contribution in [3.05, 3.63) is 64.9 Å². The van der Waals surface area contributed by atoms with E-state index in [4.69, 9.17) is 11.6 Å². The normalized spacial score (nSPS) is 11.7. The van der Waals surface area contributed by atoms with Gasteiger partial charge in [0, 0.05) is 24.0 Å². The molecule has 20 heavy (non-hydrogen) atoms. The Labute approximate surface area is 123 Å². The van der Waals surface area contributed by atoms with Crippen molar-refractivity contribution in [1.29, 1.82) is 0 Å². The standard InChI is InChI=1S/C15H16ClN3O/c1-11(13-6-2-3-7-14(13)16)19-15(20)18-10-12-5-4-8-17-9-12/h2-9,11H,10H2,1H3,(H2,18,19,20). The number of carbonyl (C=O) groups excluding carboxylic acids is 1. The molecule has 2 N–H and O–H groups in total. The molecule has 0 spiro atoms. The van der Waals surface area contributed by atoms with Crippen LogP contribution >= 0.6 is 11.6 Å². The molecule has 1 aromatic heterocycles. The summed E-state index contributed by atoms with van der Waals surface area (Å²) < 4.78 is 0. The van der Waals surface area contributed by atoms with E-state index in [9.17, 15) is 4.79 Å². The highest BCUT2D eigenvalue weighted by Gasteiger charge is 2.11. The van der Waals surface area contributed by atoms with Crippen LogP contribution in [-0.4, -0.2) is 11.0 Å². The Hall–Kier alpha value is -2.07. The Kier molecular flexibility index (Phi) is 4.96. The van der Waals surface area contributed by atoms with Crippen LogP contribution in [0.15, 0.2) is 48.8 Å². The van der Waals surface area contributed by atoms with Crippen LogP contribution in [0, 0.1) is 0 Å². The van der Waals surface area contributed by atoms with Gasteiger partial charge in [0.05, 0.1) is 6.04 Å². The topological polar surface area (TPSA) is 54.0 Å². The summed E-state index contributed by atoms with van der Waals surface area (Å²) in [6, 6.07) is 10.8. The summed E-state index contributed by atoms with van der Waals surface area (Å²) in [7, 11) is 0. The highest BCUT2D eigenvalue weighted by molar-refractivity contribution is 6.31. The van der Waals surface area contributed by atoms with Gasteiger partial charge in [0.25, 0.3) is 0 Å².